The summed E-state index contributed by atoms with van der Waals surface area (Å²) in [7, 11) is 0. The highest BCUT2D eigenvalue weighted by molar-refractivity contribution is 14.1. The van der Waals surface area contributed by atoms with Crippen LogP contribution in [0.15, 0.2) is 0 Å². The third kappa shape index (κ3) is 3.24. The number of amides is 1. The first-order chi connectivity index (χ1) is 5.60. The van der Waals surface area contributed by atoms with E-state index in [0.717, 1.165) is 0 Å². The summed E-state index contributed by atoms with van der Waals surface area (Å²) in [5, 5.41) is 0. The number of hydrogen-bond donors (Lipinski definition) is 1. The minimum absolute atomic E-state index is 0.271. The van der Waals surface area contributed by atoms with E-state index in [4.69, 9.17) is 9.47 Å². The Morgan fingerprint density at radius 1 is 1.42 bits per heavy atom. The first-order valence-corrected chi connectivity index (χ1v) is 4.87. The van der Waals surface area contributed by atoms with Crippen molar-refractivity contribution in [1.29, 1.82) is 0 Å². The minimum Gasteiger partial charge on any atom is -0.343 e. The van der Waals surface area contributed by atoms with E-state index in [1.807, 2.05) is 13.8 Å². The van der Waals surface area contributed by atoms with Gasteiger partial charge < -0.3 is 9.47 Å². The Morgan fingerprint density at radius 3 is 2.08 bits per heavy atom. The Morgan fingerprint density at radius 2 is 1.83 bits per heavy atom. The Bertz CT molecular complexity index is 146. The maximum atomic E-state index is 11.2. The number of rotatable bonds is 5. The van der Waals surface area contributed by atoms with Crippen LogP contribution in [0.3, 0.4) is 0 Å². The lowest BCUT2D eigenvalue weighted by Gasteiger charge is -2.26. The van der Waals surface area contributed by atoms with E-state index in [1.54, 1.807) is 29.8 Å². The van der Waals surface area contributed by atoms with E-state index in [2.05, 4.69) is 3.53 Å². The summed E-state index contributed by atoms with van der Waals surface area (Å²) in [5.41, 5.74) is 0. The summed E-state index contributed by atoms with van der Waals surface area (Å²) in [6.45, 7) is 6.13. The van der Waals surface area contributed by atoms with Crippen molar-refractivity contribution in [2.45, 2.75) is 26.6 Å². The normalized spacial score (nSPS) is 11.3. The van der Waals surface area contributed by atoms with E-state index >= 15 is 0 Å². The van der Waals surface area contributed by atoms with Crippen LogP contribution in [0, 0.1) is 0 Å². The number of nitrogens with one attached hydrogen (secondary N) is 1. The molecule has 0 aliphatic carbocycles. The zero-order chi connectivity index (χ0) is 9.61. The van der Waals surface area contributed by atoms with Gasteiger partial charge in [-0.05, 0) is 20.8 Å². The molecule has 0 spiro atoms. The van der Waals surface area contributed by atoms with E-state index in [0.29, 0.717) is 13.2 Å². The lowest BCUT2D eigenvalue weighted by Crippen LogP contribution is -2.46. The number of ether oxygens (including phenoxy) is 2. The van der Waals surface area contributed by atoms with Gasteiger partial charge in [0.15, 0.2) is 0 Å². The van der Waals surface area contributed by atoms with Crippen LogP contribution in [0.2, 0.25) is 0 Å². The van der Waals surface area contributed by atoms with Gasteiger partial charge in [0.05, 0.1) is 22.9 Å². The zero-order valence-electron chi connectivity index (χ0n) is 7.52. The van der Waals surface area contributed by atoms with Gasteiger partial charge in [0.2, 0.25) is 5.79 Å². The van der Waals surface area contributed by atoms with Crippen LogP contribution in [0.4, 0.5) is 0 Å². The van der Waals surface area contributed by atoms with Crippen LogP contribution in [0.5, 0.6) is 0 Å². The predicted octanol–water partition coefficient (Wildman–Crippen LogP) is 1.24. The van der Waals surface area contributed by atoms with Crippen molar-refractivity contribution >= 4 is 28.8 Å². The summed E-state index contributed by atoms with van der Waals surface area (Å²) in [6.07, 6.45) is 0. The van der Waals surface area contributed by atoms with Crippen molar-refractivity contribution in [3.05, 3.63) is 0 Å². The SMILES string of the molecule is CCOC(C)(OCC)C(=O)NI. The topological polar surface area (TPSA) is 47.6 Å². The van der Waals surface area contributed by atoms with Crippen LogP contribution in [-0.4, -0.2) is 24.9 Å². The van der Waals surface area contributed by atoms with Crippen molar-refractivity contribution < 1.29 is 14.3 Å². The summed E-state index contributed by atoms with van der Waals surface area (Å²) in [5.74, 6) is -1.42. The van der Waals surface area contributed by atoms with Gasteiger partial charge >= 0.3 is 0 Å². The molecule has 1 N–H and O–H groups in total. The number of halogens is 1. The molecule has 4 nitrogen and oxygen atoms in total. The molecule has 0 atom stereocenters. The molecule has 0 radical (unpaired) electrons. The number of carbonyl (C=O) groups is 1. The Balaban J connectivity index is 4.26. The average Bonchev–Trinajstić information content (AvgIpc) is 2.04. The van der Waals surface area contributed by atoms with Gasteiger partial charge in [0.25, 0.3) is 5.91 Å². The summed E-state index contributed by atoms with van der Waals surface area (Å²) < 4.78 is 12.8. The van der Waals surface area contributed by atoms with E-state index in [1.165, 1.54) is 0 Å². The molecule has 0 aliphatic heterocycles. The fourth-order valence-electron chi connectivity index (χ4n) is 0.809. The minimum atomic E-state index is -1.15. The van der Waals surface area contributed by atoms with E-state index < -0.39 is 5.79 Å². The van der Waals surface area contributed by atoms with Gasteiger partial charge in [0.1, 0.15) is 0 Å². The first-order valence-electron chi connectivity index (χ1n) is 3.79. The lowest BCUT2D eigenvalue weighted by atomic mass is 10.3. The molecule has 0 heterocycles. The van der Waals surface area contributed by atoms with Crippen LogP contribution in [-0.2, 0) is 14.3 Å². The molecule has 0 aliphatic rings. The van der Waals surface area contributed by atoms with E-state index in [9.17, 15) is 4.79 Å². The smallest absolute Gasteiger partial charge is 0.288 e. The van der Waals surface area contributed by atoms with Crippen LogP contribution < -0.4 is 3.53 Å². The molecule has 72 valence electrons. The molecular formula is C7H14INO3. The number of hydrogen-bond acceptors (Lipinski definition) is 3. The standard InChI is InChI=1S/C7H14INO3/c1-4-11-7(3,12-5-2)6(10)9-8/h4-5H2,1-3H3,(H,9,10). The molecule has 0 aromatic heterocycles. The first kappa shape index (κ1) is 12.1. The van der Waals surface area contributed by atoms with Gasteiger partial charge in [-0.15, -0.1) is 0 Å². The molecule has 0 fully saturated rings. The molecular weight excluding hydrogens is 273 g/mol. The van der Waals surface area contributed by atoms with Crippen molar-refractivity contribution in [2.24, 2.45) is 0 Å². The van der Waals surface area contributed by atoms with Gasteiger partial charge in [-0.2, -0.15) is 0 Å². The molecule has 0 bridgehead atoms. The molecule has 0 saturated carbocycles. The second-order valence-electron chi connectivity index (χ2n) is 2.24. The highest BCUT2D eigenvalue weighted by Crippen LogP contribution is 2.12. The maximum absolute atomic E-state index is 11.2. The van der Waals surface area contributed by atoms with Crippen LogP contribution >= 0.6 is 22.9 Å². The van der Waals surface area contributed by atoms with E-state index in [-0.39, 0.29) is 5.91 Å². The molecule has 0 aromatic rings. The molecule has 0 saturated heterocycles. The van der Waals surface area contributed by atoms with Gasteiger partial charge in [-0.25, -0.2) is 0 Å². The maximum Gasteiger partial charge on any atom is 0.288 e. The zero-order valence-corrected chi connectivity index (χ0v) is 9.67. The average molecular weight is 287 g/mol. The summed E-state index contributed by atoms with van der Waals surface area (Å²) in [6, 6.07) is 0. The van der Waals surface area contributed by atoms with Crippen molar-refractivity contribution in [1.82, 2.24) is 3.53 Å². The molecule has 0 unspecified atom stereocenters. The summed E-state index contributed by atoms with van der Waals surface area (Å²) in [4.78, 5) is 11.2. The predicted molar refractivity (Wildman–Crippen MR) is 53.8 cm³/mol. The number of carbonyl (C=O) groups excluding carboxylic acids is 1. The monoisotopic (exact) mass is 287 g/mol. The van der Waals surface area contributed by atoms with Gasteiger partial charge in [-0.1, -0.05) is 0 Å². The third-order valence-corrected chi connectivity index (χ3v) is 1.83. The molecule has 0 aromatic carbocycles. The van der Waals surface area contributed by atoms with Crippen molar-refractivity contribution in [3.8, 4) is 0 Å². The van der Waals surface area contributed by atoms with Crippen molar-refractivity contribution in [2.75, 3.05) is 13.2 Å². The second-order valence-corrected chi connectivity index (χ2v) is 2.77. The van der Waals surface area contributed by atoms with Gasteiger partial charge in [0, 0.05) is 13.2 Å². The highest BCUT2D eigenvalue weighted by Gasteiger charge is 2.34. The fourth-order valence-corrected chi connectivity index (χ4v) is 1.30. The Labute approximate surface area is 86.5 Å². The lowest BCUT2D eigenvalue weighted by molar-refractivity contribution is -0.217. The molecule has 0 rings (SSSR count). The molecule has 12 heavy (non-hydrogen) atoms. The largest absolute Gasteiger partial charge is 0.343 e. The second kappa shape index (κ2) is 5.71. The Kier molecular flexibility index (Phi) is 5.77. The van der Waals surface area contributed by atoms with Crippen LogP contribution in [0.25, 0.3) is 0 Å². The molecule has 1 amide bonds. The van der Waals surface area contributed by atoms with Crippen molar-refractivity contribution in [3.63, 3.8) is 0 Å². The fraction of sp³-hybridized carbons (Fsp3) is 0.857. The highest BCUT2D eigenvalue weighted by atomic mass is 127. The summed E-state index contributed by atoms with van der Waals surface area (Å²) >= 11 is 1.76. The van der Waals surface area contributed by atoms with Crippen LogP contribution in [0.1, 0.15) is 20.8 Å². The quantitative estimate of drug-likeness (QED) is 0.470. The third-order valence-electron chi connectivity index (χ3n) is 1.34. The van der Waals surface area contributed by atoms with Gasteiger partial charge in [-0.3, -0.25) is 8.32 Å². The Hall–Kier alpha value is 0.120. The molecule has 5 heteroatoms.